The van der Waals surface area contributed by atoms with Crippen molar-refractivity contribution in [3.63, 3.8) is 0 Å². The topological polar surface area (TPSA) is 88.4 Å². The number of nitrogens with one attached hydrogen (secondary N) is 1. The molecule has 162 valence electrons. The van der Waals surface area contributed by atoms with Gasteiger partial charge >= 0.3 is 0 Å². The lowest BCUT2D eigenvalue weighted by Gasteiger charge is -2.19. The van der Waals surface area contributed by atoms with Crippen molar-refractivity contribution in [1.82, 2.24) is 10.2 Å². The molecular formula is C24H20BrN3O4. The average molecular weight is 494 g/mol. The molecule has 32 heavy (non-hydrogen) atoms. The molecule has 8 heteroatoms. The number of methoxy groups -OCH3 is 1. The van der Waals surface area contributed by atoms with Crippen LogP contribution in [-0.2, 0) is 4.79 Å². The van der Waals surface area contributed by atoms with Crippen LogP contribution in [0.25, 0.3) is 22.3 Å². The largest absolute Gasteiger partial charge is 0.497 e. The molecule has 0 bridgehead atoms. The highest BCUT2D eigenvalue weighted by Gasteiger charge is 2.28. The van der Waals surface area contributed by atoms with Crippen LogP contribution in [0.15, 0.2) is 62.2 Å². The van der Waals surface area contributed by atoms with Gasteiger partial charge in [-0.2, -0.15) is 5.10 Å². The van der Waals surface area contributed by atoms with Crippen LogP contribution in [0.2, 0.25) is 0 Å². The van der Waals surface area contributed by atoms with Crippen molar-refractivity contribution in [3.8, 4) is 17.1 Å². The molecule has 0 aliphatic heterocycles. The van der Waals surface area contributed by atoms with Gasteiger partial charge in [0, 0.05) is 36.2 Å². The van der Waals surface area contributed by atoms with E-state index >= 15 is 0 Å². The van der Waals surface area contributed by atoms with E-state index in [2.05, 4.69) is 26.1 Å². The molecule has 2 aromatic carbocycles. The number of aromatic nitrogens is 2. The summed E-state index contributed by atoms with van der Waals surface area (Å²) in [6.45, 7) is 1.47. The molecule has 0 atom stereocenters. The quantitative estimate of drug-likeness (QED) is 0.395. The monoisotopic (exact) mass is 493 g/mol. The first kappa shape index (κ1) is 20.5. The van der Waals surface area contributed by atoms with Crippen LogP contribution < -0.4 is 15.1 Å². The molecule has 1 saturated carbocycles. The summed E-state index contributed by atoms with van der Waals surface area (Å²) in [4.78, 5) is 27.0. The smallest absolute Gasteiger partial charge is 0.229 e. The first-order chi connectivity index (χ1) is 15.4. The van der Waals surface area contributed by atoms with Crippen LogP contribution in [0.5, 0.6) is 5.75 Å². The molecule has 1 aliphatic carbocycles. The van der Waals surface area contributed by atoms with Crippen molar-refractivity contribution >= 4 is 44.3 Å². The van der Waals surface area contributed by atoms with Gasteiger partial charge in [0.1, 0.15) is 11.5 Å². The number of hydrogen-bond donors (Lipinski definition) is 1. The molecule has 2 heterocycles. The standard InChI is InChI=1S/C24H20BrN3O4/c1-13(29)28(23-11-20(26-27-23)14-3-4-14)16-9-18-21(30)12-22(32-24(18)19(25)10-16)15-5-7-17(31-2)8-6-15/h5-12,14H,3-4H2,1-2H3,(H,26,27). The molecule has 0 spiro atoms. The number of benzene rings is 2. The molecule has 0 saturated heterocycles. The maximum Gasteiger partial charge on any atom is 0.229 e. The SMILES string of the molecule is COc1ccc(-c2cc(=O)c3cc(N(C(C)=O)c4cc(C5CC5)[nH]n4)cc(Br)c3o2)cc1. The Morgan fingerprint density at radius 3 is 2.59 bits per heavy atom. The van der Waals surface area contributed by atoms with Gasteiger partial charge in [0.05, 0.1) is 22.7 Å². The highest BCUT2D eigenvalue weighted by molar-refractivity contribution is 9.10. The summed E-state index contributed by atoms with van der Waals surface area (Å²) in [5.74, 6) is 1.95. The van der Waals surface area contributed by atoms with Gasteiger partial charge in [-0.25, -0.2) is 0 Å². The minimum absolute atomic E-state index is 0.204. The summed E-state index contributed by atoms with van der Waals surface area (Å²) >= 11 is 3.52. The minimum Gasteiger partial charge on any atom is -0.497 e. The molecule has 5 rings (SSSR count). The number of carbonyl (C=O) groups is 1. The van der Waals surface area contributed by atoms with Crippen LogP contribution in [0, 0.1) is 0 Å². The van der Waals surface area contributed by atoms with E-state index in [0.717, 1.165) is 29.8 Å². The van der Waals surface area contributed by atoms with Crippen LogP contribution >= 0.6 is 15.9 Å². The molecule has 1 amide bonds. The molecule has 1 N–H and O–H groups in total. The number of amides is 1. The Balaban J connectivity index is 1.59. The van der Waals surface area contributed by atoms with Crippen LogP contribution in [0.1, 0.15) is 31.4 Å². The second-order valence-electron chi connectivity index (χ2n) is 7.82. The van der Waals surface area contributed by atoms with E-state index in [0.29, 0.717) is 38.6 Å². The number of ether oxygens (including phenoxy) is 1. The Bertz CT molecular complexity index is 1390. The van der Waals surface area contributed by atoms with Gasteiger partial charge in [0.15, 0.2) is 16.8 Å². The summed E-state index contributed by atoms with van der Waals surface area (Å²) in [6, 6.07) is 14.1. The molecule has 7 nitrogen and oxygen atoms in total. The van der Waals surface area contributed by atoms with Crippen LogP contribution in [0.4, 0.5) is 11.5 Å². The first-order valence-corrected chi connectivity index (χ1v) is 11.0. The highest BCUT2D eigenvalue weighted by atomic mass is 79.9. The van der Waals surface area contributed by atoms with E-state index < -0.39 is 0 Å². The summed E-state index contributed by atoms with van der Waals surface area (Å²) in [5.41, 5.74) is 2.53. The molecule has 0 unspecified atom stereocenters. The van der Waals surface area contributed by atoms with Gasteiger partial charge in [-0.05, 0) is 65.2 Å². The van der Waals surface area contributed by atoms with E-state index in [-0.39, 0.29) is 11.3 Å². The van der Waals surface area contributed by atoms with Gasteiger partial charge in [-0.1, -0.05) is 0 Å². The first-order valence-electron chi connectivity index (χ1n) is 10.2. The van der Waals surface area contributed by atoms with Gasteiger partial charge in [0.25, 0.3) is 0 Å². The van der Waals surface area contributed by atoms with Gasteiger partial charge in [-0.15, -0.1) is 0 Å². The predicted molar refractivity (Wildman–Crippen MR) is 126 cm³/mol. The summed E-state index contributed by atoms with van der Waals surface area (Å²) in [7, 11) is 1.60. The number of fused-ring (bicyclic) bond motifs is 1. The zero-order valence-corrected chi connectivity index (χ0v) is 19.1. The lowest BCUT2D eigenvalue weighted by atomic mass is 10.1. The van der Waals surface area contributed by atoms with Crippen LogP contribution in [-0.4, -0.2) is 23.2 Å². The highest BCUT2D eigenvalue weighted by Crippen LogP contribution is 2.41. The third kappa shape index (κ3) is 3.71. The molecule has 4 aromatic rings. The zero-order valence-electron chi connectivity index (χ0n) is 17.5. The van der Waals surface area contributed by atoms with Crippen molar-refractivity contribution in [2.75, 3.05) is 12.0 Å². The number of anilines is 2. The second kappa shape index (κ2) is 7.94. The third-order valence-corrected chi connectivity index (χ3v) is 6.14. The number of rotatable bonds is 5. The number of aromatic amines is 1. The molecule has 2 aromatic heterocycles. The van der Waals surface area contributed by atoms with Crippen molar-refractivity contribution in [1.29, 1.82) is 0 Å². The Kier molecular flexibility index (Phi) is 5.09. The van der Waals surface area contributed by atoms with E-state index in [1.54, 1.807) is 19.2 Å². The predicted octanol–water partition coefficient (Wildman–Crippen LogP) is 5.52. The van der Waals surface area contributed by atoms with E-state index in [9.17, 15) is 9.59 Å². The average Bonchev–Trinajstić information content (AvgIpc) is 3.52. The fraction of sp³-hybridized carbons (Fsp3) is 0.208. The number of carbonyl (C=O) groups excluding carboxylic acids is 1. The molecule has 1 fully saturated rings. The lowest BCUT2D eigenvalue weighted by molar-refractivity contribution is -0.115. The number of nitrogens with zero attached hydrogens (tertiary/aromatic N) is 2. The summed E-state index contributed by atoms with van der Waals surface area (Å²) in [5, 5.41) is 7.72. The normalized spacial score (nSPS) is 13.3. The van der Waals surface area contributed by atoms with E-state index in [1.165, 1.54) is 17.9 Å². The lowest BCUT2D eigenvalue weighted by Crippen LogP contribution is -2.23. The van der Waals surface area contributed by atoms with Gasteiger partial charge < -0.3 is 9.15 Å². The van der Waals surface area contributed by atoms with E-state index in [4.69, 9.17) is 9.15 Å². The fourth-order valence-electron chi connectivity index (χ4n) is 3.75. The van der Waals surface area contributed by atoms with Gasteiger partial charge in [-0.3, -0.25) is 19.6 Å². The number of hydrogen-bond acceptors (Lipinski definition) is 5. The zero-order chi connectivity index (χ0) is 22.4. The maximum atomic E-state index is 13.0. The Morgan fingerprint density at radius 1 is 1.19 bits per heavy atom. The van der Waals surface area contributed by atoms with Crippen molar-refractivity contribution in [3.05, 3.63) is 68.9 Å². The van der Waals surface area contributed by atoms with Crippen molar-refractivity contribution in [2.45, 2.75) is 25.7 Å². The second-order valence-corrected chi connectivity index (χ2v) is 8.67. The summed E-state index contributed by atoms with van der Waals surface area (Å²) < 4.78 is 11.8. The van der Waals surface area contributed by atoms with Crippen molar-refractivity contribution < 1.29 is 13.9 Å². The number of halogens is 1. The van der Waals surface area contributed by atoms with Crippen molar-refractivity contribution in [2.24, 2.45) is 0 Å². The minimum atomic E-state index is -0.205. The summed E-state index contributed by atoms with van der Waals surface area (Å²) in [6.07, 6.45) is 2.25. The number of H-pyrrole nitrogens is 1. The Hall–Kier alpha value is -3.39. The Morgan fingerprint density at radius 2 is 1.94 bits per heavy atom. The van der Waals surface area contributed by atoms with E-state index in [1.807, 2.05) is 30.3 Å². The Labute approximate surface area is 192 Å². The third-order valence-electron chi connectivity index (χ3n) is 5.55. The fourth-order valence-corrected chi connectivity index (χ4v) is 4.28. The van der Waals surface area contributed by atoms with Crippen LogP contribution in [0.3, 0.4) is 0 Å². The van der Waals surface area contributed by atoms with Gasteiger partial charge in [0.2, 0.25) is 5.91 Å². The molecular weight excluding hydrogens is 474 g/mol. The maximum absolute atomic E-state index is 13.0. The molecule has 0 radical (unpaired) electrons. The molecule has 1 aliphatic rings.